The lowest BCUT2D eigenvalue weighted by Crippen LogP contribution is -2.31. The van der Waals surface area contributed by atoms with E-state index in [1.165, 1.54) is 37.8 Å². The van der Waals surface area contributed by atoms with Crippen LogP contribution in [0.4, 0.5) is 11.4 Å². The van der Waals surface area contributed by atoms with Crippen molar-refractivity contribution in [3.8, 4) is 0 Å². The average molecular weight is 286 g/mol. The minimum atomic E-state index is 0.258. The second kappa shape index (κ2) is 6.50. The van der Waals surface area contributed by atoms with Gasteiger partial charge in [0, 0.05) is 30.4 Å². The molecule has 1 amide bonds. The average Bonchev–Trinajstić information content (AvgIpc) is 2.95. The van der Waals surface area contributed by atoms with E-state index in [0.29, 0.717) is 12.5 Å². The fraction of sp³-hybridized carbons (Fsp3) is 0.611. The number of hydrogen-bond donors (Lipinski definition) is 1. The van der Waals surface area contributed by atoms with Crippen molar-refractivity contribution in [2.24, 2.45) is 5.92 Å². The lowest BCUT2D eigenvalue weighted by Gasteiger charge is -2.32. The molecule has 0 spiro atoms. The van der Waals surface area contributed by atoms with Crippen LogP contribution in [0.25, 0.3) is 0 Å². The van der Waals surface area contributed by atoms with Gasteiger partial charge in [0.1, 0.15) is 0 Å². The van der Waals surface area contributed by atoms with Gasteiger partial charge in [0.05, 0.1) is 0 Å². The molecule has 1 aromatic rings. The lowest BCUT2D eigenvalue weighted by atomic mass is 9.83. The Kier molecular flexibility index (Phi) is 4.47. The SMILES string of the molecule is CCC1CCCCC1Nc1ccc(N2CCCC2=O)cc1. The van der Waals surface area contributed by atoms with E-state index in [1.54, 1.807) is 0 Å². The molecule has 2 fully saturated rings. The van der Waals surface area contributed by atoms with E-state index >= 15 is 0 Å². The Morgan fingerprint density at radius 1 is 1.14 bits per heavy atom. The number of hydrogen-bond acceptors (Lipinski definition) is 2. The topological polar surface area (TPSA) is 32.3 Å². The first kappa shape index (κ1) is 14.4. The van der Waals surface area contributed by atoms with Gasteiger partial charge in [-0.1, -0.05) is 26.2 Å². The minimum absolute atomic E-state index is 0.258. The second-order valence-electron chi connectivity index (χ2n) is 6.40. The first-order valence-electron chi connectivity index (χ1n) is 8.45. The Morgan fingerprint density at radius 2 is 1.90 bits per heavy atom. The van der Waals surface area contributed by atoms with Crippen LogP contribution in [0.15, 0.2) is 24.3 Å². The number of carbonyl (C=O) groups is 1. The van der Waals surface area contributed by atoms with E-state index in [-0.39, 0.29) is 5.91 Å². The fourth-order valence-electron chi connectivity index (χ4n) is 3.76. The molecule has 21 heavy (non-hydrogen) atoms. The maximum Gasteiger partial charge on any atom is 0.227 e. The highest BCUT2D eigenvalue weighted by molar-refractivity contribution is 5.95. The summed E-state index contributed by atoms with van der Waals surface area (Å²) in [5.41, 5.74) is 2.23. The van der Waals surface area contributed by atoms with E-state index < -0.39 is 0 Å². The van der Waals surface area contributed by atoms with Gasteiger partial charge >= 0.3 is 0 Å². The van der Waals surface area contributed by atoms with Gasteiger partial charge < -0.3 is 10.2 Å². The van der Waals surface area contributed by atoms with Crippen LogP contribution in [0.1, 0.15) is 51.9 Å². The molecule has 0 radical (unpaired) electrons. The summed E-state index contributed by atoms with van der Waals surface area (Å²) in [6.45, 7) is 3.17. The molecule has 0 bridgehead atoms. The van der Waals surface area contributed by atoms with Crippen LogP contribution in [-0.2, 0) is 4.79 Å². The molecule has 2 unspecified atom stereocenters. The number of rotatable bonds is 4. The lowest BCUT2D eigenvalue weighted by molar-refractivity contribution is -0.117. The first-order chi connectivity index (χ1) is 10.3. The van der Waals surface area contributed by atoms with Crippen molar-refractivity contribution in [2.75, 3.05) is 16.8 Å². The Balaban J connectivity index is 1.65. The van der Waals surface area contributed by atoms with Crippen LogP contribution >= 0.6 is 0 Å². The van der Waals surface area contributed by atoms with Gasteiger partial charge in [-0.05, 0) is 49.4 Å². The standard InChI is InChI=1S/C18H26N2O/c1-2-14-6-3-4-7-17(14)19-15-9-11-16(12-10-15)20-13-5-8-18(20)21/h9-12,14,17,19H,2-8,13H2,1H3. The molecule has 2 atom stereocenters. The van der Waals surface area contributed by atoms with Crippen molar-refractivity contribution in [3.63, 3.8) is 0 Å². The van der Waals surface area contributed by atoms with Gasteiger partial charge in [0.25, 0.3) is 0 Å². The molecule has 3 rings (SSSR count). The van der Waals surface area contributed by atoms with Crippen molar-refractivity contribution >= 4 is 17.3 Å². The number of nitrogens with zero attached hydrogens (tertiary/aromatic N) is 1. The molecule has 2 aliphatic rings. The van der Waals surface area contributed by atoms with E-state index in [4.69, 9.17) is 0 Å². The highest BCUT2D eigenvalue weighted by Crippen LogP contribution is 2.30. The molecule has 1 heterocycles. The summed E-state index contributed by atoms with van der Waals surface area (Å²) in [6.07, 6.45) is 8.30. The third-order valence-electron chi connectivity index (χ3n) is 5.04. The summed E-state index contributed by atoms with van der Waals surface area (Å²) < 4.78 is 0. The molecule has 3 heteroatoms. The summed E-state index contributed by atoms with van der Waals surface area (Å²) in [7, 11) is 0. The highest BCUT2D eigenvalue weighted by Gasteiger charge is 2.24. The zero-order valence-electron chi connectivity index (χ0n) is 13.0. The predicted molar refractivity (Wildman–Crippen MR) is 87.7 cm³/mol. The molecule has 1 aliphatic heterocycles. The van der Waals surface area contributed by atoms with Crippen molar-refractivity contribution < 1.29 is 4.79 Å². The van der Waals surface area contributed by atoms with Crippen molar-refractivity contribution in [3.05, 3.63) is 24.3 Å². The quantitative estimate of drug-likeness (QED) is 0.900. The van der Waals surface area contributed by atoms with Crippen LogP contribution in [0.2, 0.25) is 0 Å². The maximum absolute atomic E-state index is 11.8. The van der Waals surface area contributed by atoms with Crippen molar-refractivity contribution in [1.82, 2.24) is 0 Å². The van der Waals surface area contributed by atoms with Crippen LogP contribution in [-0.4, -0.2) is 18.5 Å². The summed E-state index contributed by atoms with van der Waals surface area (Å²) in [5.74, 6) is 1.06. The second-order valence-corrected chi connectivity index (χ2v) is 6.40. The molecule has 114 valence electrons. The summed E-state index contributed by atoms with van der Waals surface area (Å²) in [5, 5.41) is 3.71. The molecular formula is C18H26N2O. The Bertz CT molecular complexity index is 482. The van der Waals surface area contributed by atoms with Crippen molar-refractivity contribution in [2.45, 2.75) is 57.9 Å². The zero-order valence-corrected chi connectivity index (χ0v) is 13.0. The van der Waals surface area contributed by atoms with E-state index in [1.807, 2.05) is 4.90 Å². The van der Waals surface area contributed by atoms with Gasteiger partial charge in [0.15, 0.2) is 0 Å². The molecule has 1 aromatic carbocycles. The van der Waals surface area contributed by atoms with E-state index in [9.17, 15) is 4.79 Å². The fourth-order valence-corrected chi connectivity index (χ4v) is 3.76. The van der Waals surface area contributed by atoms with Crippen molar-refractivity contribution in [1.29, 1.82) is 0 Å². The van der Waals surface area contributed by atoms with Crippen LogP contribution in [0.3, 0.4) is 0 Å². The molecule has 3 nitrogen and oxygen atoms in total. The summed E-state index contributed by atoms with van der Waals surface area (Å²) in [6, 6.07) is 9.03. The summed E-state index contributed by atoms with van der Waals surface area (Å²) >= 11 is 0. The molecule has 1 N–H and O–H groups in total. The highest BCUT2D eigenvalue weighted by atomic mass is 16.2. The molecule has 1 saturated carbocycles. The molecule has 0 aromatic heterocycles. The van der Waals surface area contributed by atoms with Gasteiger partial charge in [-0.3, -0.25) is 4.79 Å². The van der Waals surface area contributed by atoms with Crippen LogP contribution in [0, 0.1) is 5.92 Å². The number of amides is 1. The third kappa shape index (κ3) is 3.22. The Hall–Kier alpha value is -1.51. The van der Waals surface area contributed by atoms with Gasteiger partial charge in [-0.2, -0.15) is 0 Å². The number of nitrogens with one attached hydrogen (secondary N) is 1. The minimum Gasteiger partial charge on any atom is -0.382 e. The smallest absolute Gasteiger partial charge is 0.227 e. The van der Waals surface area contributed by atoms with Gasteiger partial charge in [-0.15, -0.1) is 0 Å². The summed E-state index contributed by atoms with van der Waals surface area (Å²) in [4.78, 5) is 13.7. The zero-order chi connectivity index (χ0) is 14.7. The predicted octanol–water partition coefficient (Wildman–Crippen LogP) is 4.19. The number of carbonyl (C=O) groups excluding carboxylic acids is 1. The maximum atomic E-state index is 11.8. The first-order valence-corrected chi connectivity index (χ1v) is 8.45. The number of anilines is 2. The molecule has 1 saturated heterocycles. The van der Waals surface area contributed by atoms with Gasteiger partial charge in [0.2, 0.25) is 5.91 Å². The largest absolute Gasteiger partial charge is 0.382 e. The van der Waals surface area contributed by atoms with Gasteiger partial charge in [-0.25, -0.2) is 0 Å². The Labute approximate surface area is 127 Å². The monoisotopic (exact) mass is 286 g/mol. The number of benzene rings is 1. The van der Waals surface area contributed by atoms with Crippen LogP contribution < -0.4 is 10.2 Å². The normalized spacial score (nSPS) is 26.1. The van der Waals surface area contributed by atoms with E-state index in [0.717, 1.165) is 24.6 Å². The molecule has 1 aliphatic carbocycles. The van der Waals surface area contributed by atoms with E-state index in [2.05, 4.69) is 36.5 Å². The third-order valence-corrected chi connectivity index (χ3v) is 5.04. The molecular weight excluding hydrogens is 260 g/mol. The van der Waals surface area contributed by atoms with Crippen LogP contribution in [0.5, 0.6) is 0 Å². The Morgan fingerprint density at radius 3 is 2.57 bits per heavy atom.